The van der Waals surface area contributed by atoms with Crippen LogP contribution in [0.15, 0.2) is 18.2 Å². The molecule has 1 aromatic rings. The number of fused-ring (bicyclic) bond motifs is 1. The van der Waals surface area contributed by atoms with Crippen LogP contribution in [0.2, 0.25) is 0 Å². The summed E-state index contributed by atoms with van der Waals surface area (Å²) in [7, 11) is 0. The maximum absolute atomic E-state index is 11.8. The topological polar surface area (TPSA) is 52.3 Å². The molecule has 0 aromatic heterocycles. The minimum absolute atomic E-state index is 0.0128. The van der Waals surface area contributed by atoms with Crippen LogP contribution >= 0.6 is 0 Å². The lowest BCUT2D eigenvalue weighted by molar-refractivity contribution is 0.0960. The number of hydrogen-bond donors (Lipinski definition) is 1. The number of aryl methyl sites for hydroxylation is 1. The number of carbonyl (C=O) groups excluding carboxylic acids is 1. The van der Waals surface area contributed by atoms with Crippen molar-refractivity contribution in [2.75, 3.05) is 6.61 Å². The molecule has 1 atom stereocenters. The Kier molecular flexibility index (Phi) is 2.25. The van der Waals surface area contributed by atoms with Crippen LogP contribution in [0.5, 0.6) is 5.75 Å². The predicted molar refractivity (Wildman–Crippen MR) is 53.6 cm³/mol. The average molecular weight is 191 g/mol. The summed E-state index contributed by atoms with van der Waals surface area (Å²) in [6.45, 7) is 2.45. The van der Waals surface area contributed by atoms with Gasteiger partial charge in [0.2, 0.25) is 0 Å². The van der Waals surface area contributed by atoms with Crippen LogP contribution < -0.4 is 10.5 Å². The second-order valence-corrected chi connectivity index (χ2v) is 3.56. The molecule has 14 heavy (non-hydrogen) atoms. The molecule has 2 rings (SSSR count). The number of nitrogens with two attached hydrogens (primary N) is 1. The molecule has 0 fully saturated rings. The molecule has 1 aliphatic rings. The molecule has 3 nitrogen and oxygen atoms in total. The first kappa shape index (κ1) is 9.21. The van der Waals surface area contributed by atoms with Crippen molar-refractivity contribution in [1.82, 2.24) is 0 Å². The van der Waals surface area contributed by atoms with Gasteiger partial charge >= 0.3 is 0 Å². The summed E-state index contributed by atoms with van der Waals surface area (Å²) in [4.78, 5) is 11.8. The molecular formula is C11H13NO2. The average Bonchev–Trinajstić information content (AvgIpc) is 2.31. The van der Waals surface area contributed by atoms with E-state index in [1.807, 2.05) is 19.1 Å². The van der Waals surface area contributed by atoms with Gasteiger partial charge in [0.25, 0.3) is 0 Å². The Hall–Kier alpha value is -1.35. The third-order valence-electron chi connectivity index (χ3n) is 2.49. The van der Waals surface area contributed by atoms with Gasteiger partial charge < -0.3 is 10.5 Å². The van der Waals surface area contributed by atoms with Gasteiger partial charge in [-0.05, 0) is 18.6 Å². The van der Waals surface area contributed by atoms with Crippen molar-refractivity contribution in [2.24, 2.45) is 5.73 Å². The SMILES string of the molecule is Cc1cccc2c1OCCC(N)C2=O. The standard InChI is InChI=1S/C11H13NO2/c1-7-3-2-4-8-10(13)9(12)5-6-14-11(7)8/h2-4,9H,5-6,12H2,1H3. The van der Waals surface area contributed by atoms with Crippen LogP contribution in [0.1, 0.15) is 22.3 Å². The van der Waals surface area contributed by atoms with Crippen molar-refractivity contribution >= 4 is 5.78 Å². The van der Waals surface area contributed by atoms with Gasteiger partial charge in [0.05, 0.1) is 18.2 Å². The number of hydrogen-bond acceptors (Lipinski definition) is 3. The summed E-state index contributed by atoms with van der Waals surface area (Å²) in [5.74, 6) is 0.687. The Bertz CT molecular complexity index is 374. The summed E-state index contributed by atoms with van der Waals surface area (Å²) < 4.78 is 5.52. The van der Waals surface area contributed by atoms with Crippen LogP contribution in [0.4, 0.5) is 0 Å². The molecule has 0 saturated heterocycles. The minimum Gasteiger partial charge on any atom is -0.492 e. The molecule has 0 amide bonds. The number of ketones is 1. The van der Waals surface area contributed by atoms with Gasteiger partial charge in [0.15, 0.2) is 5.78 Å². The van der Waals surface area contributed by atoms with Crippen molar-refractivity contribution in [3.8, 4) is 5.75 Å². The summed E-state index contributed by atoms with van der Waals surface area (Å²) in [6, 6.07) is 5.14. The van der Waals surface area contributed by atoms with Crippen LogP contribution in [0.25, 0.3) is 0 Å². The number of rotatable bonds is 0. The highest BCUT2D eigenvalue weighted by atomic mass is 16.5. The quantitative estimate of drug-likeness (QED) is 0.672. The first-order valence-corrected chi connectivity index (χ1v) is 4.72. The molecule has 2 N–H and O–H groups in total. The molecule has 74 valence electrons. The largest absolute Gasteiger partial charge is 0.492 e. The number of Topliss-reactive ketones (excluding diaryl/α,β-unsaturated/α-hetero) is 1. The van der Waals surface area contributed by atoms with Gasteiger partial charge in [0.1, 0.15) is 5.75 Å². The molecule has 1 unspecified atom stereocenters. The summed E-state index contributed by atoms with van der Waals surface area (Å²) in [5, 5.41) is 0. The summed E-state index contributed by atoms with van der Waals surface area (Å²) in [6.07, 6.45) is 0.590. The summed E-state index contributed by atoms with van der Waals surface area (Å²) in [5.41, 5.74) is 7.32. The van der Waals surface area contributed by atoms with Gasteiger partial charge in [-0.15, -0.1) is 0 Å². The van der Waals surface area contributed by atoms with E-state index < -0.39 is 6.04 Å². The maximum Gasteiger partial charge on any atom is 0.183 e. The molecule has 1 aromatic carbocycles. The Labute approximate surface area is 82.9 Å². The van der Waals surface area contributed by atoms with E-state index in [0.717, 1.165) is 5.56 Å². The van der Waals surface area contributed by atoms with E-state index in [4.69, 9.17) is 10.5 Å². The molecule has 1 aliphatic heterocycles. The van der Waals surface area contributed by atoms with Gasteiger partial charge in [-0.3, -0.25) is 4.79 Å². The lowest BCUT2D eigenvalue weighted by atomic mass is 10.0. The van der Waals surface area contributed by atoms with E-state index in [1.54, 1.807) is 6.07 Å². The lowest BCUT2D eigenvalue weighted by Gasteiger charge is -2.08. The molecule has 0 saturated carbocycles. The molecule has 0 aliphatic carbocycles. The highest BCUT2D eigenvalue weighted by molar-refractivity contribution is 6.02. The number of ether oxygens (including phenoxy) is 1. The lowest BCUT2D eigenvalue weighted by Crippen LogP contribution is -2.30. The van der Waals surface area contributed by atoms with Crippen LogP contribution in [-0.4, -0.2) is 18.4 Å². The van der Waals surface area contributed by atoms with Crippen molar-refractivity contribution in [3.05, 3.63) is 29.3 Å². The molecule has 3 heteroatoms. The van der Waals surface area contributed by atoms with E-state index in [1.165, 1.54) is 0 Å². The molecular weight excluding hydrogens is 178 g/mol. The fourth-order valence-corrected chi connectivity index (χ4v) is 1.66. The number of benzene rings is 1. The third kappa shape index (κ3) is 1.40. The zero-order valence-corrected chi connectivity index (χ0v) is 8.12. The normalized spacial score (nSPS) is 21.0. The molecule has 1 heterocycles. The van der Waals surface area contributed by atoms with Crippen LogP contribution in [-0.2, 0) is 0 Å². The van der Waals surface area contributed by atoms with E-state index in [2.05, 4.69) is 0 Å². The van der Waals surface area contributed by atoms with E-state index >= 15 is 0 Å². The highest BCUT2D eigenvalue weighted by Gasteiger charge is 2.23. The van der Waals surface area contributed by atoms with E-state index in [0.29, 0.717) is 24.3 Å². The number of para-hydroxylation sites is 1. The highest BCUT2D eigenvalue weighted by Crippen LogP contribution is 2.27. The molecule has 0 spiro atoms. The Morgan fingerprint density at radius 3 is 3.07 bits per heavy atom. The smallest absolute Gasteiger partial charge is 0.183 e. The minimum atomic E-state index is -0.418. The second-order valence-electron chi connectivity index (χ2n) is 3.56. The fourth-order valence-electron chi connectivity index (χ4n) is 1.66. The molecule has 0 radical (unpaired) electrons. The van der Waals surface area contributed by atoms with Crippen molar-refractivity contribution in [1.29, 1.82) is 0 Å². The monoisotopic (exact) mass is 191 g/mol. The van der Waals surface area contributed by atoms with Crippen molar-refractivity contribution < 1.29 is 9.53 Å². The van der Waals surface area contributed by atoms with Gasteiger partial charge in [-0.25, -0.2) is 0 Å². The zero-order chi connectivity index (χ0) is 10.1. The van der Waals surface area contributed by atoms with Gasteiger partial charge in [-0.1, -0.05) is 12.1 Å². The summed E-state index contributed by atoms with van der Waals surface area (Å²) >= 11 is 0. The molecule has 0 bridgehead atoms. The van der Waals surface area contributed by atoms with Crippen molar-refractivity contribution in [3.63, 3.8) is 0 Å². The van der Waals surface area contributed by atoms with E-state index in [-0.39, 0.29) is 5.78 Å². The first-order chi connectivity index (χ1) is 6.70. The van der Waals surface area contributed by atoms with Gasteiger partial charge in [-0.2, -0.15) is 0 Å². The number of carbonyl (C=O) groups is 1. The van der Waals surface area contributed by atoms with Crippen LogP contribution in [0.3, 0.4) is 0 Å². The Morgan fingerprint density at radius 2 is 2.29 bits per heavy atom. The third-order valence-corrected chi connectivity index (χ3v) is 2.49. The van der Waals surface area contributed by atoms with Gasteiger partial charge in [0, 0.05) is 6.42 Å². The first-order valence-electron chi connectivity index (χ1n) is 4.72. The van der Waals surface area contributed by atoms with Crippen molar-refractivity contribution in [2.45, 2.75) is 19.4 Å². The van der Waals surface area contributed by atoms with E-state index in [9.17, 15) is 4.79 Å². The zero-order valence-electron chi connectivity index (χ0n) is 8.12. The fraction of sp³-hybridized carbons (Fsp3) is 0.364. The second kappa shape index (κ2) is 3.42. The Morgan fingerprint density at radius 1 is 1.50 bits per heavy atom. The predicted octanol–water partition coefficient (Wildman–Crippen LogP) is 1.29. The van der Waals surface area contributed by atoms with Crippen LogP contribution in [0, 0.1) is 6.92 Å². The maximum atomic E-state index is 11.8. The Balaban J connectivity index is 2.53.